The fraction of sp³-hybridized carbons (Fsp3) is 0.400. The number of rotatable bonds is 3. The average Bonchev–Trinajstić information content (AvgIpc) is 2.11. The number of hydrogen-bond donors (Lipinski definition) is 3. The third-order valence-electron chi connectivity index (χ3n) is 1.94. The molecule has 0 saturated heterocycles. The first-order valence-electron chi connectivity index (χ1n) is 4.25. The van der Waals surface area contributed by atoms with E-state index in [2.05, 4.69) is 0 Å². The molecular weight excluding hydrogens is 168 g/mol. The van der Waals surface area contributed by atoms with Crippen LogP contribution >= 0.6 is 0 Å². The highest BCUT2D eigenvalue weighted by atomic mass is 16.3. The van der Waals surface area contributed by atoms with E-state index in [9.17, 15) is 5.11 Å². The van der Waals surface area contributed by atoms with Crippen molar-refractivity contribution in [3.05, 3.63) is 23.8 Å². The molecule has 0 fully saturated rings. The van der Waals surface area contributed by atoms with Gasteiger partial charge in [0.2, 0.25) is 0 Å². The monoisotopic (exact) mass is 182 g/mol. The van der Waals surface area contributed by atoms with Crippen LogP contribution in [0.15, 0.2) is 18.2 Å². The number of phenols is 2. The summed E-state index contributed by atoms with van der Waals surface area (Å²) in [6.45, 7) is 2.05. The third kappa shape index (κ3) is 2.63. The average molecular weight is 182 g/mol. The molecule has 0 aliphatic rings. The molecule has 1 aromatic rings. The standard InChI is InChI=1S/C10H14O3/c1-7(6-11)4-8-2-3-9(12)10(13)5-8/h2-3,5,7,11-13H,4,6H2,1H3/t7-/m0/s1. The molecule has 0 saturated carbocycles. The first-order valence-corrected chi connectivity index (χ1v) is 4.25. The van der Waals surface area contributed by atoms with Crippen molar-refractivity contribution < 1.29 is 15.3 Å². The second-order valence-corrected chi connectivity index (χ2v) is 3.31. The highest BCUT2D eigenvalue weighted by molar-refractivity contribution is 5.40. The Balaban J connectivity index is 2.73. The highest BCUT2D eigenvalue weighted by Gasteiger charge is 2.04. The van der Waals surface area contributed by atoms with Crippen molar-refractivity contribution in [2.45, 2.75) is 13.3 Å². The van der Waals surface area contributed by atoms with Gasteiger partial charge in [0.25, 0.3) is 0 Å². The smallest absolute Gasteiger partial charge is 0.157 e. The van der Waals surface area contributed by atoms with Crippen LogP contribution in [0.2, 0.25) is 0 Å². The first kappa shape index (κ1) is 9.86. The Bertz CT molecular complexity index is 283. The maximum absolute atomic E-state index is 9.17. The molecule has 72 valence electrons. The second kappa shape index (κ2) is 4.14. The quantitative estimate of drug-likeness (QED) is 0.617. The van der Waals surface area contributed by atoms with E-state index in [1.165, 1.54) is 12.1 Å². The van der Waals surface area contributed by atoms with E-state index in [1.54, 1.807) is 6.07 Å². The summed E-state index contributed by atoms with van der Waals surface area (Å²) < 4.78 is 0. The lowest BCUT2D eigenvalue weighted by Gasteiger charge is -2.08. The molecule has 0 bridgehead atoms. The Morgan fingerprint density at radius 2 is 1.92 bits per heavy atom. The van der Waals surface area contributed by atoms with Crippen LogP contribution in [0.25, 0.3) is 0 Å². The van der Waals surface area contributed by atoms with Crippen LogP contribution in [0.1, 0.15) is 12.5 Å². The van der Waals surface area contributed by atoms with Crippen molar-refractivity contribution in [2.75, 3.05) is 6.61 Å². The van der Waals surface area contributed by atoms with Gasteiger partial charge >= 0.3 is 0 Å². The molecule has 0 amide bonds. The summed E-state index contributed by atoms with van der Waals surface area (Å²) in [6.07, 6.45) is 0.699. The maximum Gasteiger partial charge on any atom is 0.157 e. The number of aliphatic hydroxyl groups excluding tert-OH is 1. The lowest BCUT2D eigenvalue weighted by Crippen LogP contribution is -2.04. The van der Waals surface area contributed by atoms with Crippen molar-refractivity contribution in [1.82, 2.24) is 0 Å². The number of aromatic hydroxyl groups is 2. The van der Waals surface area contributed by atoms with Crippen molar-refractivity contribution in [2.24, 2.45) is 5.92 Å². The Morgan fingerprint density at radius 3 is 2.46 bits per heavy atom. The Kier molecular flexibility index (Phi) is 3.14. The summed E-state index contributed by atoms with van der Waals surface area (Å²) in [6, 6.07) is 4.71. The van der Waals surface area contributed by atoms with Crippen LogP contribution in [0.5, 0.6) is 11.5 Å². The number of benzene rings is 1. The van der Waals surface area contributed by atoms with Crippen molar-refractivity contribution >= 4 is 0 Å². The lowest BCUT2D eigenvalue weighted by molar-refractivity contribution is 0.237. The Labute approximate surface area is 77.3 Å². The minimum atomic E-state index is -0.111. The van der Waals surface area contributed by atoms with Crippen LogP contribution in [-0.4, -0.2) is 21.9 Å². The molecule has 3 N–H and O–H groups in total. The fourth-order valence-corrected chi connectivity index (χ4v) is 1.16. The summed E-state index contributed by atoms with van der Waals surface area (Å²) in [5, 5.41) is 27.0. The van der Waals surface area contributed by atoms with E-state index in [4.69, 9.17) is 10.2 Å². The molecule has 0 aromatic heterocycles. The fourth-order valence-electron chi connectivity index (χ4n) is 1.16. The highest BCUT2D eigenvalue weighted by Crippen LogP contribution is 2.25. The molecule has 0 heterocycles. The zero-order valence-corrected chi connectivity index (χ0v) is 7.57. The van der Waals surface area contributed by atoms with Gasteiger partial charge in [-0.2, -0.15) is 0 Å². The van der Waals surface area contributed by atoms with Crippen LogP contribution in [0, 0.1) is 5.92 Å². The molecule has 0 spiro atoms. The van der Waals surface area contributed by atoms with Gasteiger partial charge in [-0.1, -0.05) is 13.0 Å². The summed E-state index contributed by atoms with van der Waals surface area (Å²) >= 11 is 0. The van der Waals surface area contributed by atoms with Gasteiger partial charge in [0.15, 0.2) is 11.5 Å². The van der Waals surface area contributed by atoms with E-state index in [1.807, 2.05) is 6.92 Å². The van der Waals surface area contributed by atoms with Crippen LogP contribution in [0.4, 0.5) is 0 Å². The van der Waals surface area contributed by atoms with Crippen LogP contribution < -0.4 is 0 Å². The molecule has 13 heavy (non-hydrogen) atoms. The molecular formula is C10H14O3. The van der Waals surface area contributed by atoms with Crippen molar-refractivity contribution in [3.8, 4) is 11.5 Å². The number of phenolic OH excluding ortho intramolecular Hbond substituents is 2. The second-order valence-electron chi connectivity index (χ2n) is 3.31. The summed E-state index contributed by atoms with van der Waals surface area (Å²) in [5.74, 6) is -0.0491. The van der Waals surface area contributed by atoms with Gasteiger partial charge in [-0.25, -0.2) is 0 Å². The minimum absolute atomic E-state index is 0.109. The van der Waals surface area contributed by atoms with Gasteiger partial charge in [0, 0.05) is 6.61 Å². The molecule has 0 unspecified atom stereocenters. The normalized spacial score (nSPS) is 12.8. The first-order chi connectivity index (χ1) is 6.13. The zero-order chi connectivity index (χ0) is 9.84. The lowest BCUT2D eigenvalue weighted by atomic mass is 10.0. The van der Waals surface area contributed by atoms with Crippen molar-refractivity contribution in [3.63, 3.8) is 0 Å². The summed E-state index contributed by atoms with van der Waals surface area (Å²) in [4.78, 5) is 0. The molecule has 0 radical (unpaired) electrons. The summed E-state index contributed by atoms with van der Waals surface area (Å²) in [5.41, 5.74) is 0.914. The maximum atomic E-state index is 9.17. The van der Waals surface area contributed by atoms with Gasteiger partial charge in [0.05, 0.1) is 0 Å². The van der Waals surface area contributed by atoms with Crippen molar-refractivity contribution in [1.29, 1.82) is 0 Å². The van der Waals surface area contributed by atoms with E-state index in [-0.39, 0.29) is 24.0 Å². The molecule has 3 heteroatoms. The van der Waals surface area contributed by atoms with E-state index in [0.29, 0.717) is 6.42 Å². The third-order valence-corrected chi connectivity index (χ3v) is 1.94. The van der Waals surface area contributed by atoms with Crippen LogP contribution in [-0.2, 0) is 6.42 Å². The zero-order valence-electron chi connectivity index (χ0n) is 7.57. The SMILES string of the molecule is C[C@H](CO)Cc1ccc(O)c(O)c1. The topological polar surface area (TPSA) is 60.7 Å². The Hall–Kier alpha value is -1.22. The van der Waals surface area contributed by atoms with E-state index >= 15 is 0 Å². The number of hydrogen-bond acceptors (Lipinski definition) is 3. The van der Waals surface area contributed by atoms with Gasteiger partial charge < -0.3 is 15.3 Å². The molecule has 0 aliphatic heterocycles. The van der Waals surface area contributed by atoms with E-state index < -0.39 is 0 Å². The molecule has 1 rings (SSSR count). The van der Waals surface area contributed by atoms with E-state index in [0.717, 1.165) is 5.56 Å². The predicted molar refractivity (Wildman–Crippen MR) is 49.7 cm³/mol. The van der Waals surface area contributed by atoms with Crippen LogP contribution in [0.3, 0.4) is 0 Å². The minimum Gasteiger partial charge on any atom is -0.504 e. The molecule has 1 aromatic carbocycles. The van der Waals surface area contributed by atoms with Gasteiger partial charge in [-0.05, 0) is 30.0 Å². The molecule has 0 aliphatic carbocycles. The largest absolute Gasteiger partial charge is 0.504 e. The number of aliphatic hydroxyl groups is 1. The molecule has 3 nitrogen and oxygen atoms in total. The summed E-state index contributed by atoms with van der Waals surface area (Å²) in [7, 11) is 0. The predicted octanol–water partition coefficient (Wildman–Crippen LogP) is 1.27. The van der Waals surface area contributed by atoms with Gasteiger partial charge in [0.1, 0.15) is 0 Å². The van der Waals surface area contributed by atoms with Gasteiger partial charge in [-0.3, -0.25) is 0 Å². The molecule has 1 atom stereocenters. The Morgan fingerprint density at radius 1 is 1.23 bits per heavy atom. The van der Waals surface area contributed by atoms with Gasteiger partial charge in [-0.15, -0.1) is 0 Å².